The molecule has 3 fully saturated rings. The summed E-state index contributed by atoms with van der Waals surface area (Å²) in [6, 6.07) is 0.337. The molecule has 1 saturated heterocycles. The van der Waals surface area contributed by atoms with Gasteiger partial charge in [-0.1, -0.05) is 32.1 Å². The predicted molar refractivity (Wildman–Crippen MR) is 79.3 cm³/mol. The van der Waals surface area contributed by atoms with Gasteiger partial charge in [0, 0.05) is 24.9 Å². The van der Waals surface area contributed by atoms with Crippen molar-refractivity contribution < 1.29 is 9.90 Å². The number of nitrogens with zero attached hydrogens (tertiary/aromatic N) is 1. The quantitative estimate of drug-likeness (QED) is 0.859. The fraction of sp³-hybridized carbons (Fsp3) is 0.941. The molecular formula is C17H29NO2. The van der Waals surface area contributed by atoms with Crippen LogP contribution in [-0.2, 0) is 4.79 Å². The third-order valence-corrected chi connectivity index (χ3v) is 5.89. The Morgan fingerprint density at radius 1 is 1.00 bits per heavy atom. The van der Waals surface area contributed by atoms with Crippen molar-refractivity contribution in [3.8, 4) is 0 Å². The fourth-order valence-corrected chi connectivity index (χ4v) is 4.74. The van der Waals surface area contributed by atoms with Crippen LogP contribution in [0.2, 0.25) is 0 Å². The smallest absolute Gasteiger partial charge is 0.222 e. The van der Waals surface area contributed by atoms with E-state index in [9.17, 15) is 9.90 Å². The van der Waals surface area contributed by atoms with Gasteiger partial charge in [-0.2, -0.15) is 0 Å². The standard InChI is InChI=1S/C17H29NO2/c19-16-9-3-7-14(16)15-8-4-12-18(15)17(20)11-10-13-5-1-2-6-13/h13-16,19H,1-12H2. The summed E-state index contributed by atoms with van der Waals surface area (Å²) in [4.78, 5) is 14.6. The second-order valence-electron chi connectivity index (χ2n) is 7.15. The Morgan fingerprint density at radius 2 is 1.80 bits per heavy atom. The topological polar surface area (TPSA) is 40.5 Å². The molecule has 0 radical (unpaired) electrons. The van der Waals surface area contributed by atoms with E-state index in [1.54, 1.807) is 0 Å². The lowest BCUT2D eigenvalue weighted by Crippen LogP contribution is -2.42. The number of carbonyl (C=O) groups excluding carboxylic acids is 1. The molecule has 0 aromatic rings. The predicted octanol–water partition coefficient (Wildman–Crippen LogP) is 3.11. The van der Waals surface area contributed by atoms with E-state index in [4.69, 9.17) is 0 Å². The van der Waals surface area contributed by atoms with E-state index in [0.29, 0.717) is 17.9 Å². The maximum Gasteiger partial charge on any atom is 0.222 e. The Hall–Kier alpha value is -0.570. The Bertz CT molecular complexity index is 338. The molecule has 3 heteroatoms. The van der Waals surface area contributed by atoms with Crippen LogP contribution in [0, 0.1) is 11.8 Å². The molecule has 3 atom stereocenters. The fourth-order valence-electron chi connectivity index (χ4n) is 4.74. The summed E-state index contributed by atoms with van der Waals surface area (Å²) in [6.07, 6.45) is 12.5. The van der Waals surface area contributed by atoms with E-state index in [2.05, 4.69) is 4.90 Å². The third kappa shape index (κ3) is 3.03. The molecule has 3 aliphatic rings. The van der Waals surface area contributed by atoms with E-state index in [1.807, 2.05) is 0 Å². The van der Waals surface area contributed by atoms with Crippen molar-refractivity contribution in [2.45, 2.75) is 82.8 Å². The lowest BCUT2D eigenvalue weighted by molar-refractivity contribution is -0.133. The summed E-state index contributed by atoms with van der Waals surface area (Å²) in [5.74, 6) is 1.52. The van der Waals surface area contributed by atoms with Crippen molar-refractivity contribution in [3.05, 3.63) is 0 Å². The SMILES string of the molecule is O=C(CCC1CCCC1)N1CCCC1C1CCCC1O. The number of rotatable bonds is 4. The molecule has 0 bridgehead atoms. The van der Waals surface area contributed by atoms with Crippen molar-refractivity contribution >= 4 is 5.91 Å². The number of likely N-dealkylation sites (tertiary alicyclic amines) is 1. The average Bonchev–Trinajstić information content (AvgIpc) is 3.16. The first-order chi connectivity index (χ1) is 9.75. The van der Waals surface area contributed by atoms with E-state index < -0.39 is 0 Å². The van der Waals surface area contributed by atoms with Gasteiger partial charge in [0.25, 0.3) is 0 Å². The normalized spacial score (nSPS) is 35.0. The molecular weight excluding hydrogens is 250 g/mol. The first-order valence-corrected chi connectivity index (χ1v) is 8.73. The number of carbonyl (C=O) groups is 1. The minimum absolute atomic E-state index is 0.164. The Morgan fingerprint density at radius 3 is 2.50 bits per heavy atom. The van der Waals surface area contributed by atoms with Crippen LogP contribution >= 0.6 is 0 Å². The minimum atomic E-state index is -0.164. The number of aliphatic hydroxyl groups is 1. The van der Waals surface area contributed by atoms with Crippen molar-refractivity contribution in [1.82, 2.24) is 4.90 Å². The van der Waals surface area contributed by atoms with Crippen LogP contribution < -0.4 is 0 Å². The molecule has 1 aliphatic heterocycles. The van der Waals surface area contributed by atoms with Gasteiger partial charge in [-0.25, -0.2) is 0 Å². The van der Waals surface area contributed by atoms with Crippen molar-refractivity contribution in [2.24, 2.45) is 11.8 Å². The van der Waals surface area contributed by atoms with Crippen LogP contribution in [0.25, 0.3) is 0 Å². The van der Waals surface area contributed by atoms with Crippen LogP contribution in [0.3, 0.4) is 0 Å². The van der Waals surface area contributed by atoms with E-state index >= 15 is 0 Å². The second kappa shape index (κ2) is 6.46. The van der Waals surface area contributed by atoms with Crippen LogP contribution in [0.4, 0.5) is 0 Å². The first kappa shape index (κ1) is 14.4. The van der Waals surface area contributed by atoms with Gasteiger partial charge in [-0.15, -0.1) is 0 Å². The monoisotopic (exact) mass is 279 g/mol. The highest BCUT2D eigenvalue weighted by molar-refractivity contribution is 5.76. The summed E-state index contributed by atoms with van der Waals surface area (Å²) in [7, 11) is 0. The van der Waals surface area contributed by atoms with Crippen LogP contribution in [-0.4, -0.2) is 34.6 Å². The van der Waals surface area contributed by atoms with E-state index in [-0.39, 0.29) is 6.10 Å². The summed E-state index contributed by atoms with van der Waals surface area (Å²) < 4.78 is 0. The lowest BCUT2D eigenvalue weighted by Gasteiger charge is -2.31. The zero-order valence-corrected chi connectivity index (χ0v) is 12.6. The maximum atomic E-state index is 12.5. The first-order valence-electron chi connectivity index (χ1n) is 8.73. The average molecular weight is 279 g/mol. The third-order valence-electron chi connectivity index (χ3n) is 5.89. The number of amides is 1. The largest absolute Gasteiger partial charge is 0.393 e. The van der Waals surface area contributed by atoms with Gasteiger partial charge in [-0.3, -0.25) is 4.79 Å². The van der Waals surface area contributed by atoms with Crippen molar-refractivity contribution in [2.75, 3.05) is 6.54 Å². The maximum absolute atomic E-state index is 12.5. The second-order valence-corrected chi connectivity index (χ2v) is 7.15. The van der Waals surface area contributed by atoms with Crippen LogP contribution in [0.15, 0.2) is 0 Å². The highest BCUT2D eigenvalue weighted by atomic mass is 16.3. The molecule has 2 saturated carbocycles. The number of hydrogen-bond acceptors (Lipinski definition) is 2. The Kier molecular flexibility index (Phi) is 4.65. The highest BCUT2D eigenvalue weighted by Crippen LogP contribution is 2.36. The summed E-state index contributed by atoms with van der Waals surface area (Å²) in [6.45, 7) is 0.928. The molecule has 20 heavy (non-hydrogen) atoms. The Labute approximate surface area is 122 Å². The van der Waals surface area contributed by atoms with Gasteiger partial charge in [0.15, 0.2) is 0 Å². The van der Waals surface area contributed by atoms with Crippen molar-refractivity contribution in [1.29, 1.82) is 0 Å². The Balaban J connectivity index is 1.52. The molecule has 0 aromatic heterocycles. The summed E-state index contributed by atoms with van der Waals surface area (Å²) in [5.41, 5.74) is 0. The zero-order chi connectivity index (χ0) is 13.9. The molecule has 3 rings (SSSR count). The molecule has 3 unspecified atom stereocenters. The zero-order valence-electron chi connectivity index (χ0n) is 12.6. The molecule has 1 heterocycles. The van der Waals surface area contributed by atoms with Crippen molar-refractivity contribution in [3.63, 3.8) is 0 Å². The van der Waals surface area contributed by atoms with Crippen LogP contribution in [0.1, 0.15) is 70.6 Å². The molecule has 2 aliphatic carbocycles. The summed E-state index contributed by atoms with van der Waals surface area (Å²) in [5, 5.41) is 10.1. The molecule has 1 amide bonds. The number of hydrogen-bond donors (Lipinski definition) is 1. The molecule has 114 valence electrons. The van der Waals surface area contributed by atoms with Crippen LogP contribution in [0.5, 0.6) is 0 Å². The highest BCUT2D eigenvalue weighted by Gasteiger charge is 2.39. The minimum Gasteiger partial charge on any atom is -0.393 e. The van der Waals surface area contributed by atoms with Gasteiger partial charge in [-0.05, 0) is 38.0 Å². The number of aliphatic hydroxyl groups excluding tert-OH is 1. The van der Waals surface area contributed by atoms with Gasteiger partial charge in [0.2, 0.25) is 5.91 Å². The molecule has 3 nitrogen and oxygen atoms in total. The molecule has 0 aromatic carbocycles. The van der Waals surface area contributed by atoms with Gasteiger partial charge in [0.05, 0.1) is 6.10 Å². The van der Waals surface area contributed by atoms with E-state index in [1.165, 1.54) is 25.7 Å². The molecule has 1 N–H and O–H groups in total. The van der Waals surface area contributed by atoms with Gasteiger partial charge in [0.1, 0.15) is 0 Å². The van der Waals surface area contributed by atoms with Gasteiger partial charge >= 0.3 is 0 Å². The van der Waals surface area contributed by atoms with Gasteiger partial charge < -0.3 is 10.0 Å². The molecule has 0 spiro atoms. The van der Waals surface area contributed by atoms with E-state index in [0.717, 1.165) is 57.4 Å². The summed E-state index contributed by atoms with van der Waals surface area (Å²) >= 11 is 0. The lowest BCUT2D eigenvalue weighted by atomic mass is 9.93.